The molecule has 3 aromatic heterocycles. The van der Waals surface area contributed by atoms with Crippen molar-refractivity contribution in [1.82, 2.24) is 9.97 Å². The lowest BCUT2D eigenvalue weighted by Gasteiger charge is -2.17. The van der Waals surface area contributed by atoms with Crippen molar-refractivity contribution in [1.29, 1.82) is 0 Å². The Morgan fingerprint density at radius 2 is 0.851 bits per heavy atom. The molecule has 3 heterocycles. The van der Waals surface area contributed by atoms with E-state index in [1.807, 2.05) is 0 Å². The van der Waals surface area contributed by atoms with Crippen molar-refractivity contribution < 1.29 is 51.0 Å². The Balaban J connectivity index is 1.27. The molecule has 13 aromatic rings. The van der Waals surface area contributed by atoms with Crippen molar-refractivity contribution >= 4 is 54.1 Å². The maximum Gasteiger partial charge on any atom is 0.144 e. The van der Waals surface area contributed by atoms with E-state index < -0.39 is 289 Å². The summed E-state index contributed by atoms with van der Waals surface area (Å²) in [5, 5.41) is -4.06. The number of benzene rings is 10. The Kier molecular flexibility index (Phi) is 4.16. The van der Waals surface area contributed by atoms with E-state index >= 15 is 0 Å². The van der Waals surface area contributed by atoms with Crippen LogP contribution in [0, 0.1) is 0 Å². The first-order chi connectivity index (χ1) is 47.4. The number of nitrogens with zero attached hydrogens (tertiary/aromatic N) is 2. The van der Waals surface area contributed by atoms with E-state index in [9.17, 15) is 24.7 Å². The van der Waals surface area contributed by atoms with Crippen LogP contribution in [-0.4, -0.2) is 9.97 Å². The summed E-state index contributed by atoms with van der Waals surface area (Å²) in [6.45, 7) is 0. The lowest BCUT2D eigenvalue weighted by molar-refractivity contribution is 0.600. The van der Waals surface area contributed by atoms with Crippen molar-refractivity contribution in [3.05, 3.63) is 242 Å². The summed E-state index contributed by atoms with van der Waals surface area (Å²) < 4.78 is 320. The average Bonchev–Trinajstić information content (AvgIpc) is 1.68. The smallest absolute Gasteiger partial charge is 0.144 e. The minimum absolute atomic E-state index is 0.0367. The zero-order chi connectivity index (χ0) is 73.9. The Morgan fingerprint density at radius 1 is 0.343 bits per heavy atom. The lowest BCUT2D eigenvalue weighted by Crippen LogP contribution is -1.92. The Labute approximate surface area is 435 Å². The largest absolute Gasteiger partial charge is 0.455 e. The van der Waals surface area contributed by atoms with Gasteiger partial charge >= 0.3 is 0 Å². The van der Waals surface area contributed by atoms with E-state index in [1.54, 1.807) is 0 Å². The van der Waals surface area contributed by atoms with E-state index in [4.69, 9.17) is 31.3 Å². The van der Waals surface area contributed by atoms with E-state index in [1.165, 1.54) is 36.4 Å². The fourth-order valence-electron chi connectivity index (χ4n) is 8.25. The third-order valence-electron chi connectivity index (χ3n) is 11.0. The summed E-state index contributed by atoms with van der Waals surface area (Å²) in [4.78, 5) is 8.83. The van der Waals surface area contributed by atoms with Crippen molar-refractivity contribution in [2.75, 3.05) is 0 Å². The fraction of sp³-hybridized carbons (Fsp3) is 0. The number of aromatic nitrogens is 2. The van der Waals surface area contributed by atoms with Crippen molar-refractivity contribution in [2.24, 2.45) is 0 Å². The topological polar surface area (TPSA) is 38.9 Å². The van der Waals surface area contributed by atoms with Crippen LogP contribution in [0.2, 0.25) is 0 Å². The second kappa shape index (κ2) is 16.0. The maximum atomic E-state index is 10.5. The van der Waals surface area contributed by atoms with Gasteiger partial charge in [-0.15, -0.1) is 0 Å². The summed E-state index contributed by atoms with van der Waals surface area (Å²) in [6, 6.07) is -24.5. The van der Waals surface area contributed by atoms with Crippen molar-refractivity contribution in [3.8, 4) is 78.4 Å². The van der Waals surface area contributed by atoms with Gasteiger partial charge in [-0.25, -0.2) is 4.98 Å². The van der Waals surface area contributed by atoms with Gasteiger partial charge in [0.2, 0.25) is 0 Å². The molecule has 0 atom stereocenters. The molecule has 312 valence electrons. The zero-order valence-electron chi connectivity index (χ0n) is 67.8. The van der Waals surface area contributed by atoms with Gasteiger partial charge in [0.15, 0.2) is 0 Å². The Hall–Kier alpha value is -8.92. The van der Waals surface area contributed by atoms with Gasteiger partial charge in [0.05, 0.1) is 63.3 Å². The van der Waals surface area contributed by atoms with Crippen LogP contribution in [-0.2, 0) is 0 Å². The molecule has 0 fully saturated rings. The summed E-state index contributed by atoms with van der Waals surface area (Å²) in [5.41, 5.74) is -9.19. The first-order valence-electron chi connectivity index (χ1n) is 37.0. The van der Waals surface area contributed by atoms with Crippen molar-refractivity contribution in [3.63, 3.8) is 0 Å². The van der Waals surface area contributed by atoms with Gasteiger partial charge in [-0.05, 0) is 83.8 Å². The molecule has 67 heavy (non-hydrogen) atoms. The average molecular weight is 887 g/mol. The lowest BCUT2D eigenvalue weighted by atomic mass is 9.85. The Bertz CT molecular complexity index is 5920. The van der Waals surface area contributed by atoms with E-state index in [2.05, 4.69) is 4.98 Å². The Morgan fingerprint density at radius 3 is 1.52 bits per heavy atom. The molecule has 0 unspecified atom stereocenters. The molecule has 0 aliphatic carbocycles. The number of pyridine rings is 2. The predicted octanol–water partition coefficient (Wildman–Crippen LogP) is 17.5. The molecule has 0 spiro atoms. The number of hydrogen-bond acceptors (Lipinski definition) is 3. The molecule has 0 bridgehead atoms. The van der Waals surface area contributed by atoms with Gasteiger partial charge in [0.25, 0.3) is 0 Å². The van der Waals surface area contributed by atoms with Crippen LogP contribution in [0.3, 0.4) is 0 Å². The number of furan rings is 1. The van der Waals surface area contributed by atoms with Gasteiger partial charge in [0, 0.05) is 44.8 Å². The monoisotopic (exact) mass is 887 g/mol. The second-order valence-corrected chi connectivity index (χ2v) is 14.6. The van der Waals surface area contributed by atoms with Gasteiger partial charge < -0.3 is 4.42 Å². The minimum atomic E-state index is -1.18. The third-order valence-corrected chi connectivity index (χ3v) is 11.0. The molecular weight excluding hydrogens is 813 g/mol. The summed E-state index contributed by atoms with van der Waals surface area (Å²) in [5.74, 6) is -2.21. The molecule has 0 aliphatic heterocycles. The molecule has 3 nitrogen and oxygen atoms in total. The minimum Gasteiger partial charge on any atom is -0.455 e. The highest BCUT2D eigenvalue weighted by molar-refractivity contribution is 6.23. The normalized spacial score (nSPS) is 18.7. The molecule has 13 rings (SSSR count). The molecule has 3 heteroatoms. The molecule has 0 saturated carbocycles. The van der Waals surface area contributed by atoms with Crippen LogP contribution in [0.25, 0.3) is 133 Å². The number of fused-ring (bicyclic) bond motifs is 6. The zero-order valence-corrected chi connectivity index (χ0v) is 33.8. The van der Waals surface area contributed by atoms with Crippen molar-refractivity contribution in [2.45, 2.75) is 0 Å². The molecule has 0 aliphatic rings. The van der Waals surface area contributed by atoms with E-state index in [-0.39, 0.29) is 49.4 Å². The van der Waals surface area contributed by atoms with Crippen LogP contribution < -0.4 is 0 Å². The van der Waals surface area contributed by atoms with Crippen LogP contribution in [0.1, 0.15) is 46.6 Å². The second-order valence-electron chi connectivity index (χ2n) is 14.6. The molecule has 0 N–H and O–H groups in total. The summed E-state index contributed by atoms with van der Waals surface area (Å²) >= 11 is 0. The van der Waals surface area contributed by atoms with Crippen LogP contribution >= 0.6 is 0 Å². The third kappa shape index (κ3) is 6.43. The molecular formula is C64H40N2O. The van der Waals surface area contributed by atoms with Crippen LogP contribution in [0.4, 0.5) is 0 Å². The highest BCUT2D eigenvalue weighted by atomic mass is 16.3. The van der Waals surface area contributed by atoms with Crippen LogP contribution in [0.5, 0.6) is 0 Å². The van der Waals surface area contributed by atoms with Gasteiger partial charge in [0.1, 0.15) is 11.5 Å². The molecule has 0 saturated heterocycles. The molecule has 10 aromatic carbocycles. The van der Waals surface area contributed by atoms with Crippen LogP contribution in [0.15, 0.2) is 246 Å². The van der Waals surface area contributed by atoms with Gasteiger partial charge in [-0.1, -0.05) is 218 Å². The summed E-state index contributed by atoms with van der Waals surface area (Å²) in [6.07, 6.45) is -0.699. The standard InChI is InChI=1S/C64H40N2O/c1-4-18-41(19-5-1)57-52-29-12-14-31-54(52)60(55-32-15-13-30-53(55)57)64-58(42-20-6-2-7-21-42)59(63(67-64)45-22-8-3-9-23-45)47-25-16-24-46(40-47)48-36-37-51(50-28-11-10-27-49(48)50)56-38-35-44-34-33-43-26-17-39-65-61(43)62(44)66-56/h1-40H/i1D,2D,3D,4D,5D,6D,7D,8D,9D,12D,13D,14D,15D,16D,17D,18D,19D,20D,21D,22D,23D,24D,25D,26D,29D,30D,31D,32D,33D,34D,35D,38D,39D,40D. The molecule has 0 radical (unpaired) electrons. The summed E-state index contributed by atoms with van der Waals surface area (Å²) in [7, 11) is 0. The molecule has 0 amide bonds. The highest BCUT2D eigenvalue weighted by Crippen LogP contribution is 2.53. The first-order valence-corrected chi connectivity index (χ1v) is 20.0. The SMILES string of the molecule is [2H]c1nc2c(c([2H])c1[2H])c([2H])c([2H])c1c([2H])c([2H])c(-c3ccc(-c4c([2H])c([2H])c([2H])c(-c5c(-c6c([2H])c([2H])c([2H])c([2H])c6[2H])oc(-c6c7c([2H])c([2H])c([2H])c([2H])c7c(-c7c([2H])c([2H])c([2H])c([2H])c7[2H])c7c([2H])c([2H])c([2H])c([2H])c67)c5-c5c([2H])c([2H])c([2H])c([2H])c5[2H])c4[2H])c4ccccc34)nc12. The number of rotatable bonds is 7. The van der Waals surface area contributed by atoms with E-state index in [0.717, 1.165) is 0 Å². The number of hydrogen-bond donors (Lipinski definition) is 0. The quantitative estimate of drug-likeness (QED) is 0.118. The first kappa shape index (κ1) is 17.5. The fourth-order valence-corrected chi connectivity index (χ4v) is 8.25. The van der Waals surface area contributed by atoms with E-state index in [0.29, 0.717) is 0 Å². The predicted molar refractivity (Wildman–Crippen MR) is 280 cm³/mol. The van der Waals surface area contributed by atoms with Gasteiger partial charge in [-0.3, -0.25) is 4.98 Å². The van der Waals surface area contributed by atoms with Gasteiger partial charge in [-0.2, -0.15) is 0 Å². The maximum absolute atomic E-state index is 10.5. The highest BCUT2D eigenvalue weighted by Gasteiger charge is 2.29.